The van der Waals surface area contributed by atoms with E-state index in [4.69, 9.17) is 11.6 Å². The van der Waals surface area contributed by atoms with Crippen LogP contribution in [0.1, 0.15) is 62.6 Å². The molecule has 1 aromatic carbocycles. The van der Waals surface area contributed by atoms with Crippen LogP contribution >= 0.6 is 11.6 Å². The Balaban J connectivity index is 2.06. The van der Waals surface area contributed by atoms with Crippen LogP contribution in [0.4, 0.5) is 0 Å². The van der Waals surface area contributed by atoms with Gasteiger partial charge >= 0.3 is 0 Å². The van der Waals surface area contributed by atoms with Gasteiger partial charge in [-0.2, -0.15) is 0 Å². The highest BCUT2D eigenvalue weighted by Gasteiger charge is 2.49. The lowest BCUT2D eigenvalue weighted by Gasteiger charge is -2.40. The van der Waals surface area contributed by atoms with Crippen molar-refractivity contribution in [3.63, 3.8) is 0 Å². The third-order valence-corrected chi connectivity index (χ3v) is 6.59. The van der Waals surface area contributed by atoms with Gasteiger partial charge in [0.05, 0.1) is 0 Å². The van der Waals surface area contributed by atoms with Crippen LogP contribution in [0, 0.1) is 6.92 Å². The number of carbonyl (C=O) groups is 1. The quantitative estimate of drug-likeness (QED) is 0.875. The average Bonchev–Trinajstić information content (AvgIpc) is 2.77. The van der Waals surface area contributed by atoms with Crippen LogP contribution in [0.3, 0.4) is 0 Å². The largest absolute Gasteiger partial charge is 0.351 e. The first-order chi connectivity index (χ1) is 11.1. The van der Waals surface area contributed by atoms with E-state index in [9.17, 15) is 4.79 Å². The van der Waals surface area contributed by atoms with E-state index in [2.05, 4.69) is 50.2 Å². The second kappa shape index (κ2) is 6.03. The summed E-state index contributed by atoms with van der Waals surface area (Å²) < 4.78 is 0. The number of benzene rings is 1. The summed E-state index contributed by atoms with van der Waals surface area (Å²) in [7, 11) is 2.20. The fourth-order valence-corrected chi connectivity index (χ4v) is 4.93. The molecular formula is C20H29ClN2O. The van der Waals surface area contributed by atoms with E-state index >= 15 is 0 Å². The molecule has 24 heavy (non-hydrogen) atoms. The van der Waals surface area contributed by atoms with Crippen LogP contribution in [0.25, 0.3) is 0 Å². The number of piperidine rings is 1. The molecule has 3 rings (SSSR count). The van der Waals surface area contributed by atoms with Gasteiger partial charge in [-0.25, -0.2) is 0 Å². The van der Waals surface area contributed by atoms with Gasteiger partial charge in [0.15, 0.2) is 0 Å². The Morgan fingerprint density at radius 3 is 2.54 bits per heavy atom. The maximum absolute atomic E-state index is 11.7. The number of nitrogens with zero attached hydrogens (tertiary/aromatic N) is 1. The van der Waals surface area contributed by atoms with Crippen molar-refractivity contribution in [2.45, 2.75) is 63.8 Å². The van der Waals surface area contributed by atoms with Gasteiger partial charge in [-0.15, -0.1) is 0 Å². The van der Waals surface area contributed by atoms with Gasteiger partial charge in [0.25, 0.3) is 0 Å². The minimum atomic E-state index is -0.272. The Morgan fingerprint density at radius 1 is 1.33 bits per heavy atom. The molecule has 1 aliphatic carbocycles. The van der Waals surface area contributed by atoms with Gasteiger partial charge in [0.2, 0.25) is 5.91 Å². The molecule has 0 saturated carbocycles. The number of amides is 1. The minimum Gasteiger partial charge on any atom is -0.351 e. The first-order valence-corrected chi connectivity index (χ1v) is 9.30. The van der Waals surface area contributed by atoms with E-state index in [1.54, 1.807) is 6.92 Å². The Labute approximate surface area is 150 Å². The molecule has 1 atom stereocenters. The second-order valence-electron chi connectivity index (χ2n) is 8.43. The van der Waals surface area contributed by atoms with Gasteiger partial charge in [-0.3, -0.25) is 4.79 Å². The minimum absolute atomic E-state index is 0.0316. The van der Waals surface area contributed by atoms with Crippen molar-refractivity contribution >= 4 is 17.5 Å². The third kappa shape index (κ3) is 2.97. The molecule has 4 heteroatoms. The summed E-state index contributed by atoms with van der Waals surface area (Å²) in [5.41, 5.74) is 3.94. The molecule has 3 nitrogen and oxygen atoms in total. The van der Waals surface area contributed by atoms with Gasteiger partial charge in [0.1, 0.15) is 0 Å². The maximum atomic E-state index is 11.7. The second-order valence-corrected chi connectivity index (χ2v) is 8.84. The first-order valence-electron chi connectivity index (χ1n) is 8.92. The Bertz CT molecular complexity index is 660. The summed E-state index contributed by atoms with van der Waals surface area (Å²) in [6, 6.07) is 4.47. The van der Waals surface area contributed by atoms with Gasteiger partial charge in [-0.1, -0.05) is 17.7 Å². The molecule has 0 radical (unpaired) electrons. The van der Waals surface area contributed by atoms with Crippen molar-refractivity contribution < 1.29 is 4.79 Å². The average molecular weight is 349 g/mol. The Morgan fingerprint density at radius 2 is 1.96 bits per heavy atom. The van der Waals surface area contributed by atoms with Crippen LogP contribution in [0.5, 0.6) is 0 Å². The molecule has 1 N–H and O–H groups in total. The summed E-state index contributed by atoms with van der Waals surface area (Å²) >= 11 is 6.47. The molecule has 1 heterocycles. The van der Waals surface area contributed by atoms with E-state index in [0.717, 1.165) is 30.1 Å². The molecule has 0 aromatic heterocycles. The summed E-state index contributed by atoms with van der Waals surface area (Å²) in [5.74, 6) is 0.335. The SMILES string of the molecule is CC(=O)NC(C)(C)C1CC2(CCN(C)CC2)c2cc(C)c(Cl)cc21. The van der Waals surface area contributed by atoms with Gasteiger partial charge < -0.3 is 10.2 Å². The van der Waals surface area contributed by atoms with Gasteiger partial charge in [-0.05, 0) is 88.3 Å². The molecule has 1 spiro atoms. The number of halogens is 1. The summed E-state index contributed by atoms with van der Waals surface area (Å²) in [4.78, 5) is 14.1. The lowest BCUT2D eigenvalue weighted by Crippen LogP contribution is -2.47. The van der Waals surface area contributed by atoms with Crippen LogP contribution in [-0.2, 0) is 10.2 Å². The third-order valence-electron chi connectivity index (χ3n) is 6.19. The summed E-state index contributed by atoms with van der Waals surface area (Å²) in [5, 5.41) is 4.01. The van der Waals surface area contributed by atoms with Crippen molar-refractivity contribution in [2.24, 2.45) is 0 Å². The molecule has 0 bridgehead atoms. The monoisotopic (exact) mass is 348 g/mol. The predicted molar refractivity (Wildman–Crippen MR) is 99.9 cm³/mol. The van der Waals surface area contributed by atoms with E-state index in [1.807, 2.05) is 0 Å². The standard InChI is InChI=1S/C20H29ClN2O/c1-13-10-16-15(11-18(13)21)17(19(3,4)22-14(2)24)12-20(16)6-8-23(5)9-7-20/h10-11,17H,6-9,12H2,1-5H3,(H,22,24). The highest BCUT2D eigenvalue weighted by atomic mass is 35.5. The van der Waals surface area contributed by atoms with Gasteiger partial charge in [0, 0.05) is 23.4 Å². The van der Waals surface area contributed by atoms with E-state index in [-0.39, 0.29) is 16.9 Å². The molecule has 1 aromatic rings. The topological polar surface area (TPSA) is 32.3 Å². The molecule has 132 valence electrons. The number of nitrogens with one attached hydrogen (secondary N) is 1. The van der Waals surface area contributed by atoms with Crippen molar-refractivity contribution in [3.8, 4) is 0 Å². The van der Waals surface area contributed by atoms with E-state index in [0.29, 0.717) is 5.92 Å². The molecule has 1 unspecified atom stereocenters. The number of rotatable bonds is 2. The van der Waals surface area contributed by atoms with E-state index < -0.39 is 0 Å². The number of aryl methyl sites for hydroxylation is 1. The van der Waals surface area contributed by atoms with Crippen LogP contribution in [0.15, 0.2) is 12.1 Å². The van der Waals surface area contributed by atoms with Crippen molar-refractivity contribution in [1.82, 2.24) is 10.2 Å². The molecule has 1 saturated heterocycles. The number of likely N-dealkylation sites (tertiary alicyclic amines) is 1. The fraction of sp³-hybridized carbons (Fsp3) is 0.650. The predicted octanol–water partition coefficient (Wildman–Crippen LogP) is 4.01. The smallest absolute Gasteiger partial charge is 0.217 e. The van der Waals surface area contributed by atoms with Crippen molar-refractivity contribution in [3.05, 3.63) is 33.8 Å². The Kier molecular flexibility index (Phi) is 4.46. The zero-order valence-corrected chi connectivity index (χ0v) is 16.3. The lowest BCUT2D eigenvalue weighted by molar-refractivity contribution is -0.120. The molecule has 1 fully saturated rings. The maximum Gasteiger partial charge on any atom is 0.217 e. The number of carbonyl (C=O) groups excluding carboxylic acids is 1. The number of fused-ring (bicyclic) bond motifs is 2. The molecule has 1 amide bonds. The number of hydrogen-bond acceptors (Lipinski definition) is 2. The number of hydrogen-bond donors (Lipinski definition) is 1. The fourth-order valence-electron chi connectivity index (χ4n) is 4.76. The molecule has 2 aliphatic rings. The summed E-state index contributed by atoms with van der Waals surface area (Å²) in [6.07, 6.45) is 3.47. The van der Waals surface area contributed by atoms with Crippen LogP contribution < -0.4 is 5.32 Å². The zero-order chi connectivity index (χ0) is 17.7. The molecular weight excluding hydrogens is 320 g/mol. The van der Waals surface area contributed by atoms with Crippen LogP contribution in [-0.4, -0.2) is 36.5 Å². The first kappa shape index (κ1) is 17.8. The van der Waals surface area contributed by atoms with Crippen LogP contribution in [0.2, 0.25) is 5.02 Å². The highest BCUT2D eigenvalue weighted by molar-refractivity contribution is 6.31. The molecule has 1 aliphatic heterocycles. The lowest BCUT2D eigenvalue weighted by atomic mass is 9.72. The Hall–Kier alpha value is -1.06. The van der Waals surface area contributed by atoms with E-state index in [1.165, 1.54) is 24.0 Å². The van der Waals surface area contributed by atoms with Crippen molar-refractivity contribution in [1.29, 1.82) is 0 Å². The summed E-state index contributed by atoms with van der Waals surface area (Å²) in [6.45, 7) is 10.3. The highest BCUT2D eigenvalue weighted by Crippen LogP contribution is 2.55. The zero-order valence-electron chi connectivity index (χ0n) is 15.5. The van der Waals surface area contributed by atoms with Crippen molar-refractivity contribution in [2.75, 3.05) is 20.1 Å². The normalized spacial score (nSPS) is 23.3.